The normalized spacial score (nSPS) is 18.7. The molecule has 1 unspecified atom stereocenters. The summed E-state index contributed by atoms with van der Waals surface area (Å²) in [5.41, 5.74) is 4.31. The van der Waals surface area contributed by atoms with Crippen molar-refractivity contribution in [2.45, 2.75) is 69.3 Å². The van der Waals surface area contributed by atoms with Gasteiger partial charge in [-0.25, -0.2) is 4.98 Å². The predicted octanol–water partition coefficient (Wildman–Crippen LogP) is 4.96. The van der Waals surface area contributed by atoms with Crippen molar-refractivity contribution in [3.8, 4) is 0 Å². The SMILES string of the molecule is Cc1nc(SC(C)C(=O)Nc2ccc(N3CCOCC3)cc2)n(C2CCCCC2)c1C. The number of hydrogen-bond acceptors (Lipinski definition) is 5. The summed E-state index contributed by atoms with van der Waals surface area (Å²) in [6.07, 6.45) is 6.30. The van der Waals surface area contributed by atoms with Crippen LogP contribution in [-0.4, -0.2) is 47.0 Å². The first-order valence-corrected chi connectivity index (χ1v) is 12.4. The third-order valence-electron chi connectivity index (χ3n) is 6.46. The van der Waals surface area contributed by atoms with E-state index in [-0.39, 0.29) is 11.2 Å². The van der Waals surface area contributed by atoms with Gasteiger partial charge in [0.2, 0.25) is 5.91 Å². The molecule has 2 heterocycles. The Hall–Kier alpha value is -1.99. The van der Waals surface area contributed by atoms with E-state index >= 15 is 0 Å². The van der Waals surface area contributed by atoms with E-state index in [2.05, 4.69) is 40.8 Å². The van der Waals surface area contributed by atoms with Crippen LogP contribution in [0, 0.1) is 13.8 Å². The van der Waals surface area contributed by atoms with Crippen LogP contribution in [0.5, 0.6) is 0 Å². The molecule has 0 spiro atoms. The van der Waals surface area contributed by atoms with Crippen molar-refractivity contribution in [3.63, 3.8) is 0 Å². The summed E-state index contributed by atoms with van der Waals surface area (Å²) in [7, 11) is 0. The molecule has 1 atom stereocenters. The molecule has 0 radical (unpaired) electrons. The molecule has 6 nitrogen and oxygen atoms in total. The smallest absolute Gasteiger partial charge is 0.237 e. The molecular weight excluding hydrogens is 408 g/mol. The highest BCUT2D eigenvalue weighted by Crippen LogP contribution is 2.35. The van der Waals surface area contributed by atoms with Crippen molar-refractivity contribution >= 4 is 29.0 Å². The second-order valence-corrected chi connectivity index (χ2v) is 9.93. The maximum Gasteiger partial charge on any atom is 0.237 e. The molecule has 2 aromatic rings. The van der Waals surface area contributed by atoms with E-state index < -0.39 is 0 Å². The summed E-state index contributed by atoms with van der Waals surface area (Å²) in [6, 6.07) is 8.62. The summed E-state index contributed by atoms with van der Waals surface area (Å²) in [5, 5.41) is 3.83. The number of imidazole rings is 1. The quantitative estimate of drug-likeness (QED) is 0.641. The van der Waals surface area contributed by atoms with Crippen molar-refractivity contribution in [2.24, 2.45) is 0 Å². The monoisotopic (exact) mass is 442 g/mol. The molecule has 1 aromatic carbocycles. The minimum absolute atomic E-state index is 0.0117. The molecule has 168 valence electrons. The highest BCUT2D eigenvalue weighted by atomic mass is 32.2. The van der Waals surface area contributed by atoms with Gasteiger partial charge in [0.05, 0.1) is 24.2 Å². The number of aromatic nitrogens is 2. The summed E-state index contributed by atoms with van der Waals surface area (Å²) in [5.74, 6) is 0.0117. The van der Waals surface area contributed by atoms with Crippen LogP contribution in [0.25, 0.3) is 0 Å². The number of anilines is 2. The second-order valence-electron chi connectivity index (χ2n) is 8.62. The fraction of sp³-hybridized carbons (Fsp3) is 0.583. The molecule has 1 saturated heterocycles. The Morgan fingerprint density at radius 3 is 2.48 bits per heavy atom. The second kappa shape index (κ2) is 10.1. The van der Waals surface area contributed by atoms with E-state index in [9.17, 15) is 4.79 Å². The number of carbonyl (C=O) groups excluding carboxylic acids is 1. The molecule has 1 aliphatic heterocycles. The topological polar surface area (TPSA) is 59.4 Å². The van der Waals surface area contributed by atoms with E-state index in [0.717, 1.165) is 42.8 Å². The number of hydrogen-bond donors (Lipinski definition) is 1. The highest BCUT2D eigenvalue weighted by molar-refractivity contribution is 8.00. The van der Waals surface area contributed by atoms with Gasteiger partial charge >= 0.3 is 0 Å². The van der Waals surface area contributed by atoms with Gasteiger partial charge in [0, 0.05) is 36.2 Å². The van der Waals surface area contributed by atoms with Gasteiger partial charge in [-0.15, -0.1) is 0 Å². The van der Waals surface area contributed by atoms with Crippen molar-refractivity contribution in [1.29, 1.82) is 0 Å². The van der Waals surface area contributed by atoms with Crippen molar-refractivity contribution in [1.82, 2.24) is 9.55 Å². The molecule has 31 heavy (non-hydrogen) atoms. The zero-order valence-electron chi connectivity index (χ0n) is 18.9. The maximum atomic E-state index is 12.9. The molecule has 4 rings (SSSR count). The molecule has 1 aliphatic carbocycles. The third-order valence-corrected chi connectivity index (χ3v) is 7.52. The molecule has 2 fully saturated rings. The molecule has 7 heteroatoms. The average molecular weight is 443 g/mol. The minimum atomic E-state index is -0.220. The number of carbonyl (C=O) groups is 1. The van der Waals surface area contributed by atoms with Crippen molar-refractivity contribution in [3.05, 3.63) is 35.7 Å². The van der Waals surface area contributed by atoms with Gasteiger partial charge in [-0.1, -0.05) is 31.0 Å². The van der Waals surface area contributed by atoms with Crippen LogP contribution < -0.4 is 10.2 Å². The Kier molecular flexibility index (Phi) is 7.23. The highest BCUT2D eigenvalue weighted by Gasteiger charge is 2.25. The molecule has 1 aromatic heterocycles. The first-order valence-electron chi connectivity index (χ1n) is 11.5. The van der Waals surface area contributed by atoms with Crippen molar-refractivity contribution < 1.29 is 9.53 Å². The van der Waals surface area contributed by atoms with Gasteiger partial charge in [0.15, 0.2) is 5.16 Å². The van der Waals surface area contributed by atoms with Gasteiger partial charge in [0.25, 0.3) is 0 Å². The summed E-state index contributed by atoms with van der Waals surface area (Å²) in [4.78, 5) is 20.0. The Morgan fingerprint density at radius 2 is 1.81 bits per heavy atom. The van der Waals surface area contributed by atoms with Crippen LogP contribution in [0.3, 0.4) is 0 Å². The van der Waals surface area contributed by atoms with Gasteiger partial charge < -0.3 is 19.5 Å². The molecule has 2 aliphatic rings. The zero-order chi connectivity index (χ0) is 21.8. The van der Waals surface area contributed by atoms with Crippen LogP contribution in [0.4, 0.5) is 11.4 Å². The first kappa shape index (κ1) is 22.2. The number of nitrogens with one attached hydrogen (secondary N) is 1. The van der Waals surface area contributed by atoms with Gasteiger partial charge in [-0.3, -0.25) is 4.79 Å². The van der Waals surface area contributed by atoms with Gasteiger partial charge in [0.1, 0.15) is 0 Å². The van der Waals surface area contributed by atoms with Crippen LogP contribution in [0.2, 0.25) is 0 Å². The number of benzene rings is 1. The van der Waals surface area contributed by atoms with E-state index in [1.807, 2.05) is 19.1 Å². The number of nitrogens with zero attached hydrogens (tertiary/aromatic N) is 3. The lowest BCUT2D eigenvalue weighted by molar-refractivity contribution is -0.115. The van der Waals surface area contributed by atoms with Crippen molar-refractivity contribution in [2.75, 3.05) is 36.5 Å². The lowest BCUT2D eigenvalue weighted by Gasteiger charge is -2.29. The Balaban J connectivity index is 1.39. The van der Waals surface area contributed by atoms with E-state index in [1.165, 1.54) is 43.5 Å². The first-order chi connectivity index (χ1) is 15.0. The maximum absolute atomic E-state index is 12.9. The largest absolute Gasteiger partial charge is 0.378 e. The lowest BCUT2D eigenvalue weighted by Crippen LogP contribution is -2.36. The number of morpholine rings is 1. The molecule has 0 bridgehead atoms. The minimum Gasteiger partial charge on any atom is -0.378 e. The number of rotatable bonds is 6. The Morgan fingerprint density at radius 1 is 1.13 bits per heavy atom. The fourth-order valence-electron chi connectivity index (χ4n) is 4.48. The number of thioether (sulfide) groups is 1. The zero-order valence-corrected chi connectivity index (χ0v) is 19.7. The van der Waals surface area contributed by atoms with Crippen LogP contribution in [0.15, 0.2) is 29.4 Å². The van der Waals surface area contributed by atoms with Gasteiger partial charge in [-0.05, 0) is 57.9 Å². The van der Waals surface area contributed by atoms with Crippen LogP contribution in [0.1, 0.15) is 56.5 Å². The molecular formula is C24H34N4O2S. The summed E-state index contributed by atoms with van der Waals surface area (Å²) < 4.78 is 7.81. The average Bonchev–Trinajstić information content (AvgIpc) is 3.08. The Labute approximate surface area is 189 Å². The number of aryl methyl sites for hydroxylation is 1. The molecule has 1 amide bonds. The lowest BCUT2D eigenvalue weighted by atomic mass is 9.95. The van der Waals surface area contributed by atoms with Gasteiger partial charge in [-0.2, -0.15) is 0 Å². The fourth-order valence-corrected chi connectivity index (χ4v) is 5.55. The van der Waals surface area contributed by atoms with Crippen LogP contribution in [-0.2, 0) is 9.53 Å². The van der Waals surface area contributed by atoms with E-state index in [1.54, 1.807) is 11.8 Å². The predicted molar refractivity (Wildman–Crippen MR) is 127 cm³/mol. The Bertz CT molecular complexity index is 884. The number of amides is 1. The molecule has 1 saturated carbocycles. The number of ether oxygens (including phenoxy) is 1. The van der Waals surface area contributed by atoms with E-state index in [4.69, 9.17) is 9.72 Å². The summed E-state index contributed by atoms with van der Waals surface area (Å²) >= 11 is 1.57. The standard InChI is InChI=1S/C24H34N4O2S/c1-17-18(2)28(22-7-5-4-6-8-22)24(25-17)31-19(3)23(29)26-20-9-11-21(12-10-20)27-13-15-30-16-14-27/h9-12,19,22H,4-8,13-16H2,1-3H3,(H,26,29). The third kappa shape index (κ3) is 5.26. The van der Waals surface area contributed by atoms with Crippen LogP contribution >= 0.6 is 11.8 Å². The molecule has 1 N–H and O–H groups in total. The summed E-state index contributed by atoms with van der Waals surface area (Å²) in [6.45, 7) is 9.54. The van der Waals surface area contributed by atoms with E-state index in [0.29, 0.717) is 6.04 Å².